The summed E-state index contributed by atoms with van der Waals surface area (Å²) in [6, 6.07) is 17.2. The summed E-state index contributed by atoms with van der Waals surface area (Å²) in [5.74, 6) is 0.122. The minimum absolute atomic E-state index is 0.448. The summed E-state index contributed by atoms with van der Waals surface area (Å²) in [7, 11) is 1.53. The largest absolute Gasteiger partial charge is 0.497 e. The fourth-order valence-electron chi connectivity index (χ4n) is 4.54. The van der Waals surface area contributed by atoms with Crippen molar-refractivity contribution in [3.63, 3.8) is 0 Å². The Hall–Kier alpha value is -4.40. The Kier molecular flexibility index (Phi) is 5.83. The minimum atomic E-state index is -1.33. The van der Waals surface area contributed by atoms with Crippen molar-refractivity contribution in [2.45, 2.75) is 31.8 Å². The number of benzene rings is 2. The molecule has 0 aliphatic carbocycles. The average Bonchev–Trinajstić information content (AvgIpc) is 3.61. The van der Waals surface area contributed by atoms with Gasteiger partial charge >= 0.3 is 6.03 Å². The number of carbonyl (C=O) groups excluding carboxylic acids is 3. The lowest BCUT2D eigenvalue weighted by Crippen LogP contribution is -2.43. The zero-order valence-corrected chi connectivity index (χ0v) is 20.2. The molecule has 1 saturated heterocycles. The normalized spacial score (nSPS) is 21.5. The van der Waals surface area contributed by atoms with Gasteiger partial charge in [-0.1, -0.05) is 42.0 Å². The van der Waals surface area contributed by atoms with Gasteiger partial charge in [0.05, 0.1) is 19.1 Å². The summed E-state index contributed by atoms with van der Waals surface area (Å²) in [5.41, 5.74) is 1.97. The van der Waals surface area contributed by atoms with E-state index in [2.05, 4.69) is 10.4 Å². The molecule has 36 heavy (non-hydrogen) atoms. The van der Waals surface area contributed by atoms with Gasteiger partial charge in [0.2, 0.25) is 0 Å². The van der Waals surface area contributed by atoms with Gasteiger partial charge in [0.1, 0.15) is 29.6 Å². The topological polar surface area (TPSA) is 104 Å². The standard InChI is InChI=1S/C27H26N4O5/c1-17-9-11-18(12-10-17)21-15-22(23-8-5-13-36-23)31(29-21)24(32)16-30-25(33)27(2,28-26(30)34)19-6-4-7-20(14-19)35-3/h4-14,22H,15-16H2,1-3H3,(H,28,34)/t22-,27-/m1/s1. The Bertz CT molecular complexity index is 1350. The number of nitrogens with zero attached hydrogens (tertiary/aromatic N) is 3. The van der Waals surface area contributed by atoms with Crippen molar-refractivity contribution in [3.05, 3.63) is 89.4 Å². The van der Waals surface area contributed by atoms with Crippen LogP contribution >= 0.6 is 0 Å². The van der Waals surface area contributed by atoms with Crippen LogP contribution in [0.15, 0.2) is 76.4 Å². The molecule has 2 aliphatic rings. The van der Waals surface area contributed by atoms with Gasteiger partial charge in [-0.15, -0.1) is 0 Å². The van der Waals surface area contributed by atoms with E-state index in [4.69, 9.17) is 9.15 Å². The van der Waals surface area contributed by atoms with E-state index in [-0.39, 0.29) is 0 Å². The second-order valence-corrected chi connectivity index (χ2v) is 9.06. The summed E-state index contributed by atoms with van der Waals surface area (Å²) < 4.78 is 10.8. The average molecular weight is 487 g/mol. The van der Waals surface area contributed by atoms with Crippen LogP contribution in [-0.4, -0.2) is 47.1 Å². The SMILES string of the molecule is COc1cccc([C@@]2(C)NC(=O)N(CC(=O)N3N=C(c4ccc(C)cc4)C[C@@H]3c3ccco3)C2=O)c1. The molecular weight excluding hydrogens is 460 g/mol. The van der Waals surface area contributed by atoms with Gasteiger partial charge in [-0.25, -0.2) is 9.80 Å². The van der Waals surface area contributed by atoms with Gasteiger partial charge in [0.15, 0.2) is 0 Å². The molecule has 0 unspecified atom stereocenters. The Labute approximate surface area is 208 Å². The van der Waals surface area contributed by atoms with E-state index in [1.54, 1.807) is 49.6 Å². The van der Waals surface area contributed by atoms with E-state index in [0.717, 1.165) is 21.7 Å². The van der Waals surface area contributed by atoms with Gasteiger partial charge in [-0.2, -0.15) is 5.10 Å². The number of methoxy groups -OCH3 is 1. The molecule has 2 aliphatic heterocycles. The molecule has 3 aromatic rings. The highest BCUT2D eigenvalue weighted by Gasteiger charge is 2.50. The van der Waals surface area contributed by atoms with Crippen LogP contribution in [-0.2, 0) is 15.1 Å². The second-order valence-electron chi connectivity index (χ2n) is 9.06. The summed E-state index contributed by atoms with van der Waals surface area (Å²) >= 11 is 0. The third kappa shape index (κ3) is 4.02. The summed E-state index contributed by atoms with van der Waals surface area (Å²) in [5, 5.41) is 8.63. The van der Waals surface area contributed by atoms with Crippen molar-refractivity contribution in [1.82, 2.24) is 15.2 Å². The Morgan fingerprint density at radius 2 is 1.94 bits per heavy atom. The number of nitrogens with one attached hydrogen (secondary N) is 1. The molecule has 5 rings (SSSR count). The summed E-state index contributed by atoms with van der Waals surface area (Å²) in [6.45, 7) is 3.16. The number of aryl methyl sites for hydroxylation is 1. The van der Waals surface area contributed by atoms with Crippen molar-refractivity contribution in [3.8, 4) is 5.75 Å². The van der Waals surface area contributed by atoms with E-state index in [1.165, 1.54) is 12.1 Å². The highest BCUT2D eigenvalue weighted by atomic mass is 16.5. The van der Waals surface area contributed by atoms with Crippen molar-refractivity contribution in [1.29, 1.82) is 0 Å². The lowest BCUT2D eigenvalue weighted by molar-refractivity contribution is -0.140. The fourth-order valence-corrected chi connectivity index (χ4v) is 4.54. The third-order valence-electron chi connectivity index (χ3n) is 6.64. The van der Waals surface area contributed by atoms with E-state index in [0.29, 0.717) is 23.5 Å². The highest BCUT2D eigenvalue weighted by molar-refractivity contribution is 6.09. The van der Waals surface area contributed by atoms with Crippen molar-refractivity contribution in [2.24, 2.45) is 5.10 Å². The fraction of sp³-hybridized carbons (Fsp3) is 0.259. The highest BCUT2D eigenvalue weighted by Crippen LogP contribution is 2.35. The van der Waals surface area contributed by atoms with Gasteiger partial charge in [0, 0.05) is 6.42 Å². The smallest absolute Gasteiger partial charge is 0.325 e. The lowest BCUT2D eigenvalue weighted by atomic mass is 9.92. The maximum Gasteiger partial charge on any atom is 0.325 e. The van der Waals surface area contributed by atoms with E-state index in [1.807, 2.05) is 31.2 Å². The number of urea groups is 1. The monoisotopic (exact) mass is 486 g/mol. The number of furan rings is 1. The number of hydrogen-bond acceptors (Lipinski definition) is 6. The molecule has 1 aromatic heterocycles. The molecule has 0 radical (unpaired) electrons. The van der Waals surface area contributed by atoms with Crippen molar-refractivity contribution < 1.29 is 23.5 Å². The molecule has 0 spiro atoms. The van der Waals surface area contributed by atoms with Crippen LogP contribution in [0.4, 0.5) is 4.79 Å². The van der Waals surface area contributed by atoms with Gasteiger partial charge in [-0.3, -0.25) is 14.5 Å². The van der Waals surface area contributed by atoms with Crippen molar-refractivity contribution in [2.75, 3.05) is 13.7 Å². The number of imide groups is 1. The molecule has 9 heteroatoms. The number of amides is 4. The predicted molar refractivity (Wildman–Crippen MR) is 131 cm³/mol. The molecule has 0 saturated carbocycles. The van der Waals surface area contributed by atoms with Crippen LogP contribution in [0.3, 0.4) is 0 Å². The molecule has 4 amide bonds. The van der Waals surface area contributed by atoms with E-state index >= 15 is 0 Å². The molecular formula is C27H26N4O5. The molecule has 9 nitrogen and oxygen atoms in total. The van der Waals surface area contributed by atoms with Crippen LogP contribution < -0.4 is 10.1 Å². The molecule has 1 fully saturated rings. The van der Waals surface area contributed by atoms with Crippen LogP contribution in [0.2, 0.25) is 0 Å². The second kappa shape index (κ2) is 8.99. The first-order chi connectivity index (χ1) is 17.3. The van der Waals surface area contributed by atoms with E-state index < -0.39 is 36.0 Å². The number of hydrazone groups is 1. The molecule has 1 N–H and O–H groups in total. The molecule has 0 bridgehead atoms. The number of ether oxygens (including phenoxy) is 1. The van der Waals surface area contributed by atoms with Crippen LogP contribution in [0.5, 0.6) is 5.75 Å². The van der Waals surface area contributed by atoms with Crippen LogP contribution in [0, 0.1) is 6.92 Å². The van der Waals surface area contributed by atoms with Crippen LogP contribution in [0.25, 0.3) is 0 Å². The first kappa shape index (κ1) is 23.3. The number of rotatable bonds is 6. The maximum atomic E-state index is 13.5. The van der Waals surface area contributed by atoms with Gasteiger partial charge < -0.3 is 14.5 Å². The van der Waals surface area contributed by atoms with E-state index in [9.17, 15) is 14.4 Å². The van der Waals surface area contributed by atoms with Gasteiger partial charge in [0.25, 0.3) is 11.8 Å². The third-order valence-corrected chi connectivity index (χ3v) is 6.64. The molecule has 184 valence electrons. The van der Waals surface area contributed by atoms with Crippen molar-refractivity contribution >= 4 is 23.6 Å². The molecule has 2 aromatic carbocycles. The minimum Gasteiger partial charge on any atom is -0.497 e. The van der Waals surface area contributed by atoms with Crippen LogP contribution in [0.1, 0.15) is 41.8 Å². The number of carbonyl (C=O) groups is 3. The lowest BCUT2D eigenvalue weighted by Gasteiger charge is -2.24. The molecule has 3 heterocycles. The Morgan fingerprint density at radius 1 is 1.17 bits per heavy atom. The zero-order chi connectivity index (χ0) is 25.4. The zero-order valence-electron chi connectivity index (χ0n) is 20.2. The maximum absolute atomic E-state index is 13.5. The summed E-state index contributed by atoms with van der Waals surface area (Å²) in [4.78, 5) is 40.6. The Morgan fingerprint density at radius 3 is 2.64 bits per heavy atom. The number of hydrogen-bond donors (Lipinski definition) is 1. The first-order valence-corrected chi connectivity index (χ1v) is 11.6. The first-order valence-electron chi connectivity index (χ1n) is 11.6. The quantitative estimate of drug-likeness (QED) is 0.535. The predicted octanol–water partition coefficient (Wildman–Crippen LogP) is 3.74. The Balaban J connectivity index is 1.41. The summed E-state index contributed by atoms with van der Waals surface area (Å²) in [6.07, 6.45) is 1.99. The van der Waals surface area contributed by atoms with Gasteiger partial charge in [-0.05, 0) is 49.2 Å². The molecule has 2 atom stereocenters.